The summed E-state index contributed by atoms with van der Waals surface area (Å²) in [4.78, 5) is 33.2. The largest absolute Gasteiger partial charge is 0.424 e. The highest BCUT2D eigenvalue weighted by molar-refractivity contribution is 5.94. The van der Waals surface area contributed by atoms with Crippen molar-refractivity contribution in [2.75, 3.05) is 13.7 Å². The van der Waals surface area contributed by atoms with Crippen LogP contribution in [0.15, 0.2) is 27.7 Å². The zero-order chi connectivity index (χ0) is 16.4. The number of H-pyrrole nitrogens is 1. The molecule has 7 heteroatoms. The normalized spacial score (nSPS) is 17.4. The number of aromatic nitrogens is 2. The van der Waals surface area contributed by atoms with Gasteiger partial charge in [-0.1, -0.05) is 0 Å². The maximum Gasteiger partial charge on any atom is 0.349 e. The second-order valence-electron chi connectivity index (χ2n) is 5.69. The van der Waals surface area contributed by atoms with Crippen LogP contribution >= 0.6 is 0 Å². The molecule has 0 bridgehead atoms. The summed E-state index contributed by atoms with van der Waals surface area (Å²) >= 11 is 0. The molecule has 1 amide bonds. The molecule has 3 rings (SSSR count). The maximum absolute atomic E-state index is 12.5. The van der Waals surface area contributed by atoms with Gasteiger partial charge in [-0.25, -0.2) is 9.78 Å². The summed E-state index contributed by atoms with van der Waals surface area (Å²) < 4.78 is 10.9. The fourth-order valence-corrected chi connectivity index (χ4v) is 2.72. The first kappa shape index (κ1) is 15.5. The molecule has 1 unspecified atom stereocenters. The van der Waals surface area contributed by atoms with Gasteiger partial charge in [0.25, 0.3) is 5.91 Å². The average Bonchev–Trinajstić information content (AvgIpc) is 3.19. The van der Waals surface area contributed by atoms with Gasteiger partial charge in [0.1, 0.15) is 23.3 Å². The Bertz CT molecular complexity index is 745. The van der Waals surface area contributed by atoms with E-state index in [9.17, 15) is 9.59 Å². The van der Waals surface area contributed by atoms with Gasteiger partial charge in [-0.2, -0.15) is 0 Å². The molecule has 0 aromatic carbocycles. The van der Waals surface area contributed by atoms with Crippen molar-refractivity contribution in [3.05, 3.63) is 51.6 Å². The number of aryl methyl sites for hydroxylation is 1. The Morgan fingerprint density at radius 1 is 1.52 bits per heavy atom. The summed E-state index contributed by atoms with van der Waals surface area (Å²) in [6, 6.07) is 1.73. The zero-order valence-corrected chi connectivity index (χ0v) is 13.2. The molecule has 1 atom stereocenters. The summed E-state index contributed by atoms with van der Waals surface area (Å²) in [7, 11) is 1.62. The van der Waals surface area contributed by atoms with Crippen molar-refractivity contribution in [1.82, 2.24) is 14.9 Å². The van der Waals surface area contributed by atoms with E-state index in [1.165, 1.54) is 4.90 Å². The van der Waals surface area contributed by atoms with Crippen molar-refractivity contribution < 1.29 is 13.9 Å². The number of nitrogens with one attached hydrogen (secondary N) is 1. The predicted molar refractivity (Wildman–Crippen MR) is 82.0 cm³/mol. The van der Waals surface area contributed by atoms with Crippen LogP contribution in [-0.2, 0) is 11.3 Å². The molecule has 0 radical (unpaired) electrons. The molecule has 0 aliphatic carbocycles. The summed E-state index contributed by atoms with van der Waals surface area (Å²) in [5.74, 6) is 0.764. The third-order valence-electron chi connectivity index (χ3n) is 3.92. The van der Waals surface area contributed by atoms with Gasteiger partial charge in [0, 0.05) is 26.0 Å². The van der Waals surface area contributed by atoms with Crippen molar-refractivity contribution >= 4 is 5.91 Å². The lowest BCUT2D eigenvalue weighted by Gasteiger charge is -2.17. The predicted octanol–water partition coefficient (Wildman–Crippen LogP) is 1.80. The van der Waals surface area contributed by atoms with Crippen LogP contribution in [-0.4, -0.2) is 34.4 Å². The molecule has 1 aliphatic rings. The molecule has 2 aromatic rings. The number of hydrogen-bond donors (Lipinski definition) is 1. The van der Waals surface area contributed by atoms with Crippen LogP contribution in [0, 0.1) is 6.92 Å². The monoisotopic (exact) mass is 317 g/mol. The summed E-state index contributed by atoms with van der Waals surface area (Å²) in [5.41, 5.74) is 0.0376. The molecule has 0 saturated carbocycles. The SMILES string of the molecule is Cc1cc(C2CCCO2)oc(=O)c1C(=O)N(C)Cc1ncc[nH]1. The molecular weight excluding hydrogens is 298 g/mol. The van der Waals surface area contributed by atoms with Crippen LogP contribution < -0.4 is 5.63 Å². The molecule has 23 heavy (non-hydrogen) atoms. The van der Waals surface area contributed by atoms with Crippen molar-refractivity contribution in [3.8, 4) is 0 Å². The Labute approximate surface area is 133 Å². The smallest absolute Gasteiger partial charge is 0.349 e. The van der Waals surface area contributed by atoms with Crippen molar-refractivity contribution in [2.45, 2.75) is 32.4 Å². The molecule has 7 nitrogen and oxygen atoms in total. The molecule has 1 fully saturated rings. The molecule has 1 aliphatic heterocycles. The topological polar surface area (TPSA) is 88.4 Å². The number of hydrogen-bond acceptors (Lipinski definition) is 5. The van der Waals surface area contributed by atoms with Crippen LogP contribution in [0.5, 0.6) is 0 Å². The first-order chi connectivity index (χ1) is 11.1. The van der Waals surface area contributed by atoms with Crippen LogP contribution in [0.1, 0.15) is 46.5 Å². The van der Waals surface area contributed by atoms with E-state index < -0.39 is 5.63 Å². The zero-order valence-electron chi connectivity index (χ0n) is 13.2. The van der Waals surface area contributed by atoms with Crippen LogP contribution in [0.3, 0.4) is 0 Å². The average molecular weight is 317 g/mol. The van der Waals surface area contributed by atoms with E-state index in [1.807, 2.05) is 0 Å². The second-order valence-corrected chi connectivity index (χ2v) is 5.69. The summed E-state index contributed by atoms with van der Waals surface area (Å²) in [6.45, 7) is 2.70. The molecule has 2 aromatic heterocycles. The van der Waals surface area contributed by atoms with Gasteiger partial charge in [-0.05, 0) is 31.4 Å². The lowest BCUT2D eigenvalue weighted by atomic mass is 10.1. The molecule has 0 spiro atoms. The minimum atomic E-state index is -0.619. The Morgan fingerprint density at radius 3 is 2.96 bits per heavy atom. The lowest BCUT2D eigenvalue weighted by Crippen LogP contribution is -2.32. The van der Waals surface area contributed by atoms with Crippen molar-refractivity contribution in [1.29, 1.82) is 0 Å². The fraction of sp³-hybridized carbons (Fsp3) is 0.438. The van der Waals surface area contributed by atoms with Gasteiger partial charge in [-0.3, -0.25) is 4.79 Å². The van der Waals surface area contributed by atoms with Gasteiger partial charge in [0.15, 0.2) is 0 Å². The van der Waals surface area contributed by atoms with E-state index in [4.69, 9.17) is 9.15 Å². The highest BCUT2D eigenvalue weighted by Crippen LogP contribution is 2.28. The van der Waals surface area contributed by atoms with E-state index in [2.05, 4.69) is 9.97 Å². The molecule has 1 N–H and O–H groups in total. The molecular formula is C16H19N3O4. The Morgan fingerprint density at radius 2 is 2.35 bits per heavy atom. The lowest BCUT2D eigenvalue weighted by molar-refractivity contribution is 0.0764. The minimum Gasteiger partial charge on any atom is -0.424 e. The van der Waals surface area contributed by atoms with E-state index in [0.717, 1.165) is 12.8 Å². The van der Waals surface area contributed by atoms with Crippen LogP contribution in [0.2, 0.25) is 0 Å². The summed E-state index contributed by atoms with van der Waals surface area (Å²) in [5, 5.41) is 0. The van der Waals surface area contributed by atoms with Crippen LogP contribution in [0.25, 0.3) is 0 Å². The van der Waals surface area contributed by atoms with E-state index in [1.54, 1.807) is 32.4 Å². The van der Waals surface area contributed by atoms with Gasteiger partial charge >= 0.3 is 5.63 Å². The quantitative estimate of drug-likeness (QED) is 0.929. The fourth-order valence-electron chi connectivity index (χ4n) is 2.72. The highest BCUT2D eigenvalue weighted by Gasteiger charge is 2.25. The van der Waals surface area contributed by atoms with Gasteiger partial charge < -0.3 is 19.0 Å². The standard InChI is InChI=1S/C16H19N3O4/c1-10-8-12(11-4-3-7-22-11)23-16(21)14(10)15(20)19(2)9-13-17-5-6-18-13/h5-6,8,11H,3-4,7,9H2,1-2H3,(H,17,18). The van der Waals surface area contributed by atoms with Gasteiger partial charge in [0.2, 0.25) is 0 Å². The van der Waals surface area contributed by atoms with Crippen molar-refractivity contribution in [2.24, 2.45) is 0 Å². The Hall–Kier alpha value is -2.41. The first-order valence-electron chi connectivity index (χ1n) is 7.56. The van der Waals surface area contributed by atoms with Crippen molar-refractivity contribution in [3.63, 3.8) is 0 Å². The number of carbonyl (C=O) groups excluding carboxylic acids is 1. The summed E-state index contributed by atoms with van der Waals surface area (Å²) in [6.07, 6.45) is 4.88. The third kappa shape index (κ3) is 3.19. The Kier molecular flexibility index (Phi) is 4.29. The second kappa shape index (κ2) is 6.37. The number of amides is 1. The molecule has 122 valence electrons. The number of imidazole rings is 1. The Balaban J connectivity index is 1.84. The highest BCUT2D eigenvalue weighted by atomic mass is 16.5. The maximum atomic E-state index is 12.5. The number of ether oxygens (including phenoxy) is 1. The van der Waals surface area contributed by atoms with E-state index in [-0.39, 0.29) is 24.1 Å². The first-order valence-corrected chi connectivity index (χ1v) is 7.56. The van der Waals surface area contributed by atoms with Crippen LogP contribution in [0.4, 0.5) is 0 Å². The van der Waals surface area contributed by atoms with Gasteiger partial charge in [0.05, 0.1) is 6.54 Å². The minimum absolute atomic E-state index is 0.0563. The third-order valence-corrected chi connectivity index (χ3v) is 3.92. The van der Waals surface area contributed by atoms with E-state index >= 15 is 0 Å². The molecule has 3 heterocycles. The number of rotatable bonds is 4. The number of aromatic amines is 1. The van der Waals surface area contributed by atoms with E-state index in [0.29, 0.717) is 23.8 Å². The van der Waals surface area contributed by atoms with Gasteiger partial charge in [-0.15, -0.1) is 0 Å². The molecule has 1 saturated heterocycles. The number of carbonyl (C=O) groups is 1. The number of nitrogens with zero attached hydrogens (tertiary/aromatic N) is 2.